The van der Waals surface area contributed by atoms with Crippen LogP contribution in [0.4, 0.5) is 0 Å². The van der Waals surface area contributed by atoms with Gasteiger partial charge in [0.15, 0.2) is 0 Å². The number of ether oxygens (including phenoxy) is 1. The molecule has 0 radical (unpaired) electrons. The van der Waals surface area contributed by atoms with E-state index in [2.05, 4.69) is 36.6 Å². The third kappa shape index (κ3) is 7.81. The van der Waals surface area contributed by atoms with Gasteiger partial charge in [-0.2, -0.15) is 5.26 Å². The number of hydrogen-bond donors (Lipinski definition) is 1. The van der Waals surface area contributed by atoms with E-state index in [9.17, 15) is 5.11 Å². The Morgan fingerprint density at radius 3 is 2.55 bits per heavy atom. The van der Waals surface area contributed by atoms with Crippen molar-refractivity contribution in [3.05, 3.63) is 0 Å². The average Bonchev–Trinajstić information content (AvgIpc) is 2.35. The standard InChI is InChI=1S/C15H29N3O2/c1-15(2,3)13-18(6-4-5-16)12-14(19)11-17-7-9-20-10-8-17/h14,19H,4,6-13H2,1-3H3/t14-/m1/s1. The molecule has 1 saturated heterocycles. The number of nitrogens with zero attached hydrogens (tertiary/aromatic N) is 3. The summed E-state index contributed by atoms with van der Waals surface area (Å²) in [7, 11) is 0. The van der Waals surface area contributed by atoms with Crippen molar-refractivity contribution in [3.63, 3.8) is 0 Å². The highest BCUT2D eigenvalue weighted by Crippen LogP contribution is 2.15. The molecule has 0 aliphatic carbocycles. The number of aliphatic hydroxyl groups is 1. The Labute approximate surface area is 123 Å². The highest BCUT2D eigenvalue weighted by atomic mass is 16.5. The summed E-state index contributed by atoms with van der Waals surface area (Å²) in [6.45, 7) is 12.8. The second kappa shape index (κ2) is 8.58. The molecule has 1 fully saturated rings. The molecular formula is C15H29N3O2. The van der Waals surface area contributed by atoms with E-state index in [1.807, 2.05) is 0 Å². The molecule has 0 amide bonds. The maximum atomic E-state index is 10.3. The molecule has 0 saturated carbocycles. The van der Waals surface area contributed by atoms with Gasteiger partial charge in [0.1, 0.15) is 0 Å². The minimum atomic E-state index is -0.367. The molecular weight excluding hydrogens is 254 g/mol. The summed E-state index contributed by atoms with van der Waals surface area (Å²) in [6.07, 6.45) is 0.148. The Balaban J connectivity index is 2.39. The molecule has 0 aromatic rings. The maximum Gasteiger partial charge on any atom is 0.0793 e. The topological polar surface area (TPSA) is 59.7 Å². The predicted molar refractivity (Wildman–Crippen MR) is 79.4 cm³/mol. The average molecular weight is 283 g/mol. The number of hydrogen-bond acceptors (Lipinski definition) is 5. The third-order valence-electron chi connectivity index (χ3n) is 3.28. The van der Waals surface area contributed by atoms with Gasteiger partial charge in [-0.25, -0.2) is 0 Å². The molecule has 1 atom stereocenters. The van der Waals surface area contributed by atoms with Crippen LogP contribution in [0.3, 0.4) is 0 Å². The van der Waals surface area contributed by atoms with Crippen LogP contribution in [0.2, 0.25) is 0 Å². The summed E-state index contributed by atoms with van der Waals surface area (Å²) in [4.78, 5) is 4.45. The first-order valence-electron chi connectivity index (χ1n) is 7.48. The monoisotopic (exact) mass is 283 g/mol. The van der Waals surface area contributed by atoms with E-state index >= 15 is 0 Å². The van der Waals surface area contributed by atoms with Crippen molar-refractivity contribution < 1.29 is 9.84 Å². The van der Waals surface area contributed by atoms with Crippen LogP contribution in [0.25, 0.3) is 0 Å². The minimum Gasteiger partial charge on any atom is -0.390 e. The lowest BCUT2D eigenvalue weighted by Crippen LogP contribution is -2.46. The van der Waals surface area contributed by atoms with Crippen molar-refractivity contribution in [2.24, 2.45) is 5.41 Å². The minimum absolute atomic E-state index is 0.175. The number of morpholine rings is 1. The fourth-order valence-corrected chi connectivity index (χ4v) is 2.55. The van der Waals surface area contributed by atoms with E-state index in [-0.39, 0.29) is 11.5 Å². The third-order valence-corrected chi connectivity index (χ3v) is 3.28. The fourth-order valence-electron chi connectivity index (χ4n) is 2.55. The van der Waals surface area contributed by atoms with Crippen LogP contribution in [0.15, 0.2) is 0 Å². The lowest BCUT2D eigenvalue weighted by molar-refractivity contribution is 0.00473. The maximum absolute atomic E-state index is 10.3. The highest BCUT2D eigenvalue weighted by Gasteiger charge is 2.21. The Bertz CT molecular complexity index is 303. The van der Waals surface area contributed by atoms with Gasteiger partial charge in [-0.05, 0) is 5.41 Å². The smallest absolute Gasteiger partial charge is 0.0793 e. The lowest BCUT2D eigenvalue weighted by Gasteiger charge is -2.33. The van der Waals surface area contributed by atoms with E-state index in [4.69, 9.17) is 10.00 Å². The molecule has 1 heterocycles. The van der Waals surface area contributed by atoms with Crippen molar-refractivity contribution in [1.29, 1.82) is 5.26 Å². The van der Waals surface area contributed by atoms with Crippen molar-refractivity contribution in [3.8, 4) is 6.07 Å². The molecule has 1 aliphatic rings. The second-order valence-electron chi connectivity index (χ2n) is 6.77. The number of nitriles is 1. The molecule has 116 valence electrons. The van der Waals surface area contributed by atoms with Crippen molar-refractivity contribution >= 4 is 0 Å². The lowest BCUT2D eigenvalue weighted by atomic mass is 9.96. The van der Waals surface area contributed by atoms with Crippen LogP contribution < -0.4 is 0 Å². The van der Waals surface area contributed by atoms with Crippen LogP contribution in [0.1, 0.15) is 27.2 Å². The number of aliphatic hydroxyl groups excluding tert-OH is 1. The summed E-state index contributed by atoms with van der Waals surface area (Å²) < 4.78 is 5.31. The summed E-state index contributed by atoms with van der Waals surface area (Å²) in [6, 6.07) is 2.19. The first-order valence-corrected chi connectivity index (χ1v) is 7.48. The molecule has 5 heteroatoms. The van der Waals surface area contributed by atoms with Gasteiger partial charge in [-0.1, -0.05) is 20.8 Å². The summed E-state index contributed by atoms with van der Waals surface area (Å²) >= 11 is 0. The van der Waals surface area contributed by atoms with Gasteiger partial charge in [0.2, 0.25) is 0 Å². The highest BCUT2D eigenvalue weighted by molar-refractivity contribution is 4.78. The zero-order chi connectivity index (χ0) is 15.0. The van der Waals surface area contributed by atoms with Crippen molar-refractivity contribution in [2.75, 3.05) is 52.5 Å². The quantitative estimate of drug-likeness (QED) is 0.753. The van der Waals surface area contributed by atoms with E-state index in [0.717, 1.165) is 39.4 Å². The largest absolute Gasteiger partial charge is 0.390 e. The van der Waals surface area contributed by atoms with E-state index < -0.39 is 0 Å². The van der Waals surface area contributed by atoms with Gasteiger partial charge < -0.3 is 9.84 Å². The first kappa shape index (κ1) is 17.4. The van der Waals surface area contributed by atoms with Gasteiger partial charge in [0.25, 0.3) is 0 Å². The Morgan fingerprint density at radius 1 is 1.35 bits per heavy atom. The molecule has 0 aromatic heterocycles. The molecule has 20 heavy (non-hydrogen) atoms. The second-order valence-corrected chi connectivity index (χ2v) is 6.77. The SMILES string of the molecule is CC(C)(C)CN(CCC#N)C[C@H](O)CN1CCOCC1. The molecule has 0 aromatic carbocycles. The molecule has 0 spiro atoms. The van der Waals surface area contributed by atoms with Gasteiger partial charge in [0.05, 0.1) is 25.4 Å². The normalized spacial score (nSPS) is 19.0. The summed E-state index contributed by atoms with van der Waals surface area (Å²) in [5, 5.41) is 19.0. The molecule has 0 unspecified atom stereocenters. The number of rotatable bonds is 7. The van der Waals surface area contributed by atoms with Crippen LogP contribution in [-0.4, -0.2) is 73.5 Å². The zero-order valence-electron chi connectivity index (χ0n) is 13.1. The fraction of sp³-hybridized carbons (Fsp3) is 0.933. The van der Waals surface area contributed by atoms with Crippen LogP contribution in [0.5, 0.6) is 0 Å². The van der Waals surface area contributed by atoms with Crippen LogP contribution >= 0.6 is 0 Å². The Morgan fingerprint density at radius 2 is 2.00 bits per heavy atom. The first-order chi connectivity index (χ1) is 9.40. The Hall–Kier alpha value is -0.670. The Kier molecular flexibility index (Phi) is 7.46. The van der Waals surface area contributed by atoms with E-state index in [1.54, 1.807) is 0 Å². The van der Waals surface area contributed by atoms with Crippen molar-refractivity contribution in [1.82, 2.24) is 9.80 Å². The number of β-amino-alcohol motifs (C(OH)–C–C–N with tert-alkyl or cyclic N) is 1. The van der Waals surface area contributed by atoms with Crippen LogP contribution in [-0.2, 0) is 4.74 Å². The van der Waals surface area contributed by atoms with Gasteiger partial charge in [-0.3, -0.25) is 9.80 Å². The van der Waals surface area contributed by atoms with Gasteiger partial charge in [0, 0.05) is 45.7 Å². The predicted octanol–water partition coefficient (Wildman–Crippen LogP) is 0.941. The van der Waals surface area contributed by atoms with E-state index in [0.29, 0.717) is 19.5 Å². The van der Waals surface area contributed by atoms with Crippen molar-refractivity contribution in [2.45, 2.75) is 33.3 Å². The molecule has 1 N–H and O–H groups in total. The van der Waals surface area contributed by atoms with Crippen LogP contribution in [0, 0.1) is 16.7 Å². The molecule has 5 nitrogen and oxygen atoms in total. The van der Waals surface area contributed by atoms with Gasteiger partial charge >= 0.3 is 0 Å². The molecule has 1 rings (SSSR count). The molecule has 0 bridgehead atoms. The zero-order valence-corrected chi connectivity index (χ0v) is 13.1. The summed E-state index contributed by atoms with van der Waals surface area (Å²) in [5.74, 6) is 0. The summed E-state index contributed by atoms with van der Waals surface area (Å²) in [5.41, 5.74) is 0.175. The van der Waals surface area contributed by atoms with E-state index in [1.165, 1.54) is 0 Å². The van der Waals surface area contributed by atoms with Gasteiger partial charge in [-0.15, -0.1) is 0 Å². The molecule has 1 aliphatic heterocycles.